The molecule has 2 amide bonds. The average Bonchev–Trinajstić information content (AvgIpc) is 2.83. The number of carbonyl (C=O) groups is 1. The maximum Gasteiger partial charge on any atom is 0.325 e. The second kappa shape index (κ2) is 6.49. The Balaban J connectivity index is 2.00. The van der Waals surface area contributed by atoms with Gasteiger partial charge < -0.3 is 10.6 Å². The van der Waals surface area contributed by atoms with Crippen LogP contribution >= 0.6 is 11.3 Å². The molecule has 1 unspecified atom stereocenters. The molecule has 0 saturated carbocycles. The van der Waals surface area contributed by atoms with Crippen LogP contribution in [0.1, 0.15) is 23.4 Å². The van der Waals surface area contributed by atoms with Crippen molar-refractivity contribution in [3.63, 3.8) is 0 Å². The lowest BCUT2D eigenvalue weighted by Gasteiger charge is -2.12. The summed E-state index contributed by atoms with van der Waals surface area (Å²) in [5, 5.41) is 9.29. The Labute approximate surface area is 122 Å². The predicted octanol–water partition coefficient (Wildman–Crippen LogP) is 3.38. The van der Waals surface area contributed by atoms with Gasteiger partial charge in [-0.25, -0.2) is 9.78 Å². The number of aryl methyl sites for hydroxylation is 1. The lowest BCUT2D eigenvalue weighted by Crippen LogP contribution is -2.19. The molecule has 1 atom stereocenters. The van der Waals surface area contributed by atoms with E-state index in [1.165, 1.54) is 11.3 Å². The highest BCUT2D eigenvalue weighted by Crippen LogP contribution is 2.19. The topological polar surface area (TPSA) is 66.0 Å². The summed E-state index contributed by atoms with van der Waals surface area (Å²) in [6.45, 7) is 4.01. The van der Waals surface area contributed by atoms with Crippen molar-refractivity contribution in [1.82, 2.24) is 10.3 Å². The van der Waals surface area contributed by atoms with Gasteiger partial charge >= 0.3 is 6.03 Å². The highest BCUT2D eigenvalue weighted by molar-refractivity contribution is 7.15. The van der Waals surface area contributed by atoms with Gasteiger partial charge in [-0.1, -0.05) is 12.1 Å². The maximum atomic E-state index is 11.9. The molecular formula is C14H18N4OS. The Bertz CT molecular complexity index is 596. The van der Waals surface area contributed by atoms with Crippen LogP contribution in [0, 0.1) is 6.92 Å². The molecule has 3 N–H and O–H groups in total. The molecule has 0 aliphatic heterocycles. The summed E-state index contributed by atoms with van der Waals surface area (Å²) in [6, 6.07) is 7.71. The quantitative estimate of drug-likeness (QED) is 0.808. The van der Waals surface area contributed by atoms with E-state index >= 15 is 0 Å². The lowest BCUT2D eigenvalue weighted by molar-refractivity contribution is 0.262. The number of hydrogen-bond acceptors (Lipinski definition) is 4. The fourth-order valence-corrected chi connectivity index (χ4v) is 2.38. The molecule has 0 bridgehead atoms. The highest BCUT2D eigenvalue weighted by Gasteiger charge is 2.07. The first kappa shape index (κ1) is 14.5. The summed E-state index contributed by atoms with van der Waals surface area (Å²) in [7, 11) is 1.91. The summed E-state index contributed by atoms with van der Waals surface area (Å²) in [5.41, 5.74) is 1.88. The molecule has 0 spiro atoms. The largest absolute Gasteiger partial charge is 0.325 e. The van der Waals surface area contributed by atoms with Crippen LogP contribution in [-0.4, -0.2) is 18.1 Å². The molecule has 0 radical (unpaired) electrons. The van der Waals surface area contributed by atoms with Crippen LogP contribution in [0.3, 0.4) is 0 Å². The molecule has 6 heteroatoms. The number of anilines is 2. The zero-order valence-electron chi connectivity index (χ0n) is 11.7. The number of urea groups is 1. The molecule has 0 saturated heterocycles. The van der Waals surface area contributed by atoms with Gasteiger partial charge in [-0.2, -0.15) is 0 Å². The van der Waals surface area contributed by atoms with Crippen molar-refractivity contribution in [2.45, 2.75) is 19.9 Å². The molecule has 0 aliphatic rings. The highest BCUT2D eigenvalue weighted by atomic mass is 32.1. The minimum Gasteiger partial charge on any atom is -0.313 e. The molecule has 20 heavy (non-hydrogen) atoms. The van der Waals surface area contributed by atoms with Crippen molar-refractivity contribution < 1.29 is 4.79 Å². The molecule has 0 fully saturated rings. The fraction of sp³-hybridized carbons (Fsp3) is 0.286. The minimum absolute atomic E-state index is 0.237. The fourth-order valence-electron chi connectivity index (χ4n) is 1.72. The summed E-state index contributed by atoms with van der Waals surface area (Å²) in [5.74, 6) is 0. The molecule has 0 aliphatic carbocycles. The van der Waals surface area contributed by atoms with Crippen molar-refractivity contribution in [3.05, 3.63) is 40.9 Å². The lowest BCUT2D eigenvalue weighted by atomic mass is 10.1. The maximum absolute atomic E-state index is 11.9. The second-order valence-electron chi connectivity index (χ2n) is 4.49. The molecule has 2 rings (SSSR count). The summed E-state index contributed by atoms with van der Waals surface area (Å²) < 4.78 is 0. The third-order valence-corrected chi connectivity index (χ3v) is 3.75. The van der Waals surface area contributed by atoms with Gasteiger partial charge in [-0.3, -0.25) is 5.32 Å². The Morgan fingerprint density at radius 3 is 2.80 bits per heavy atom. The number of nitrogens with zero attached hydrogens (tertiary/aromatic N) is 1. The molecule has 106 valence electrons. The first-order valence-electron chi connectivity index (χ1n) is 6.36. The summed E-state index contributed by atoms with van der Waals surface area (Å²) in [6.07, 6.45) is 1.73. The minimum atomic E-state index is -0.284. The number of benzene rings is 1. The van der Waals surface area contributed by atoms with Gasteiger partial charge in [-0.15, -0.1) is 11.3 Å². The monoisotopic (exact) mass is 290 g/mol. The number of hydrogen-bond donors (Lipinski definition) is 3. The third kappa shape index (κ3) is 3.79. The molecule has 2 aromatic rings. The van der Waals surface area contributed by atoms with Crippen LogP contribution in [-0.2, 0) is 0 Å². The van der Waals surface area contributed by atoms with Crippen molar-refractivity contribution in [1.29, 1.82) is 0 Å². The van der Waals surface area contributed by atoms with Crippen molar-refractivity contribution in [3.8, 4) is 0 Å². The zero-order chi connectivity index (χ0) is 14.5. The molecule has 1 aromatic heterocycles. The molecular weight excluding hydrogens is 272 g/mol. The van der Waals surface area contributed by atoms with Crippen LogP contribution in [0.15, 0.2) is 30.5 Å². The van der Waals surface area contributed by atoms with E-state index in [1.54, 1.807) is 6.20 Å². The van der Waals surface area contributed by atoms with E-state index in [1.807, 2.05) is 38.2 Å². The number of thiazole rings is 1. The summed E-state index contributed by atoms with van der Waals surface area (Å²) in [4.78, 5) is 17.0. The Hall–Kier alpha value is -1.92. The van der Waals surface area contributed by atoms with Crippen molar-refractivity contribution >= 4 is 28.2 Å². The van der Waals surface area contributed by atoms with E-state index in [-0.39, 0.29) is 12.1 Å². The van der Waals surface area contributed by atoms with Crippen molar-refractivity contribution in [2.24, 2.45) is 0 Å². The average molecular weight is 290 g/mol. The molecule has 1 heterocycles. The van der Waals surface area contributed by atoms with Gasteiger partial charge in [0.05, 0.1) is 0 Å². The van der Waals surface area contributed by atoms with Crippen LogP contribution in [0.4, 0.5) is 15.6 Å². The van der Waals surface area contributed by atoms with Gasteiger partial charge in [0.1, 0.15) is 0 Å². The smallest absolute Gasteiger partial charge is 0.313 e. The Morgan fingerprint density at radius 1 is 1.35 bits per heavy atom. The van der Waals surface area contributed by atoms with Gasteiger partial charge in [0.15, 0.2) is 5.13 Å². The van der Waals surface area contributed by atoms with Crippen LogP contribution < -0.4 is 16.0 Å². The van der Waals surface area contributed by atoms with Gasteiger partial charge in [0, 0.05) is 22.8 Å². The number of rotatable bonds is 4. The van der Waals surface area contributed by atoms with Gasteiger partial charge in [-0.05, 0) is 38.6 Å². The van der Waals surface area contributed by atoms with Crippen LogP contribution in [0.5, 0.6) is 0 Å². The first-order chi connectivity index (χ1) is 9.58. The SMILES string of the molecule is CNC(C)c1cccc(NC(=O)Nc2ncc(C)s2)c1. The molecule has 1 aromatic carbocycles. The predicted molar refractivity (Wildman–Crippen MR) is 83.4 cm³/mol. The Morgan fingerprint density at radius 2 is 2.15 bits per heavy atom. The van der Waals surface area contributed by atoms with Crippen LogP contribution in [0.2, 0.25) is 0 Å². The van der Waals surface area contributed by atoms with E-state index in [0.717, 1.165) is 16.1 Å². The van der Waals surface area contributed by atoms with Gasteiger partial charge in [0.25, 0.3) is 0 Å². The Kier molecular flexibility index (Phi) is 4.70. The third-order valence-electron chi connectivity index (χ3n) is 2.92. The molecule has 5 nitrogen and oxygen atoms in total. The van der Waals surface area contributed by atoms with E-state index in [4.69, 9.17) is 0 Å². The zero-order valence-corrected chi connectivity index (χ0v) is 12.5. The first-order valence-corrected chi connectivity index (χ1v) is 7.18. The summed E-state index contributed by atoms with van der Waals surface area (Å²) >= 11 is 1.45. The normalized spacial score (nSPS) is 11.9. The standard InChI is InChI=1S/C14H18N4OS/c1-9-8-16-14(20-9)18-13(19)17-12-6-4-5-11(7-12)10(2)15-3/h4-8,10,15H,1-3H3,(H2,16,17,18,19). The van der Waals surface area contributed by atoms with Crippen molar-refractivity contribution in [2.75, 3.05) is 17.7 Å². The number of nitrogens with one attached hydrogen (secondary N) is 3. The number of aromatic nitrogens is 1. The van der Waals surface area contributed by atoms with Gasteiger partial charge in [0.2, 0.25) is 0 Å². The van der Waals surface area contributed by atoms with E-state index in [9.17, 15) is 4.79 Å². The number of carbonyl (C=O) groups excluding carboxylic acids is 1. The van der Waals surface area contributed by atoms with Crippen LogP contribution in [0.25, 0.3) is 0 Å². The number of amides is 2. The van der Waals surface area contributed by atoms with E-state index in [2.05, 4.69) is 27.9 Å². The van der Waals surface area contributed by atoms with E-state index in [0.29, 0.717) is 5.13 Å². The van der Waals surface area contributed by atoms with E-state index < -0.39 is 0 Å². The second-order valence-corrected chi connectivity index (χ2v) is 5.73.